The molecule has 6 heteroatoms. The molecule has 0 bridgehead atoms. The predicted molar refractivity (Wildman–Crippen MR) is 78.3 cm³/mol. The molecule has 2 N–H and O–H groups in total. The van der Waals surface area contributed by atoms with Crippen LogP contribution in [0.2, 0.25) is 10.0 Å². The highest BCUT2D eigenvalue weighted by Gasteiger charge is 2.27. The summed E-state index contributed by atoms with van der Waals surface area (Å²) < 4.78 is 0. The Balaban J connectivity index is 3.29. The van der Waals surface area contributed by atoms with Gasteiger partial charge < -0.3 is 10.2 Å². The molecule has 0 atom stereocenters. The maximum absolute atomic E-state index is 12.0. The van der Waals surface area contributed by atoms with E-state index in [4.69, 9.17) is 23.2 Å². The van der Waals surface area contributed by atoms with Crippen LogP contribution in [0.3, 0.4) is 0 Å². The number of benzene rings is 1. The van der Waals surface area contributed by atoms with Gasteiger partial charge in [0.15, 0.2) is 11.6 Å². The maximum atomic E-state index is 12.0. The van der Waals surface area contributed by atoms with Crippen molar-refractivity contribution in [3.05, 3.63) is 21.2 Å². The summed E-state index contributed by atoms with van der Waals surface area (Å²) in [6.07, 6.45) is 2.61. The van der Waals surface area contributed by atoms with Crippen LogP contribution >= 0.6 is 23.2 Å². The number of phenolic OH excluding ortho intramolecular Hbond substituents is 2. The Labute approximate surface area is 127 Å². The van der Waals surface area contributed by atoms with Crippen molar-refractivity contribution < 1.29 is 19.8 Å². The second-order valence-corrected chi connectivity index (χ2v) is 5.27. The molecule has 0 heterocycles. The van der Waals surface area contributed by atoms with E-state index in [9.17, 15) is 19.8 Å². The van der Waals surface area contributed by atoms with Gasteiger partial charge in [0, 0.05) is 6.42 Å². The van der Waals surface area contributed by atoms with Crippen LogP contribution in [0.15, 0.2) is 0 Å². The van der Waals surface area contributed by atoms with Crippen LogP contribution < -0.4 is 0 Å². The number of halogens is 2. The van der Waals surface area contributed by atoms with Crippen LogP contribution in [0.25, 0.3) is 0 Å². The molecule has 110 valence electrons. The van der Waals surface area contributed by atoms with E-state index in [0.29, 0.717) is 6.42 Å². The summed E-state index contributed by atoms with van der Waals surface area (Å²) in [5, 5.41) is 19.3. The molecule has 0 spiro atoms. The summed E-state index contributed by atoms with van der Waals surface area (Å²) in [6.45, 7) is 3.20. The van der Waals surface area contributed by atoms with Crippen molar-refractivity contribution in [1.82, 2.24) is 0 Å². The number of aromatic hydroxyl groups is 2. The molecule has 4 nitrogen and oxygen atoms in total. The second kappa shape index (κ2) is 6.95. The zero-order valence-electron chi connectivity index (χ0n) is 11.3. The van der Waals surface area contributed by atoms with Crippen LogP contribution in [0.1, 0.15) is 60.2 Å². The number of ketones is 2. The number of carbonyl (C=O) groups is 2. The monoisotopic (exact) mass is 318 g/mol. The SMILES string of the molecule is CCCCCC(=O)c1c(O)c(Cl)c(C(C)=O)c(Cl)c1O. The number of carbonyl (C=O) groups excluding carboxylic acids is 2. The van der Waals surface area contributed by atoms with Gasteiger partial charge in [-0.15, -0.1) is 0 Å². The first kappa shape index (κ1) is 16.8. The number of rotatable bonds is 6. The fourth-order valence-corrected chi connectivity index (χ4v) is 2.59. The van der Waals surface area contributed by atoms with Crippen LogP contribution in [0.5, 0.6) is 11.5 Å². The van der Waals surface area contributed by atoms with E-state index in [-0.39, 0.29) is 27.6 Å². The molecule has 0 saturated heterocycles. The number of Topliss-reactive ketones (excluding diaryl/α,β-unsaturated/α-hetero) is 2. The molecule has 1 aromatic carbocycles. The number of unbranched alkanes of at least 4 members (excludes halogenated alkanes) is 2. The highest BCUT2D eigenvalue weighted by molar-refractivity contribution is 6.42. The zero-order chi connectivity index (χ0) is 15.4. The van der Waals surface area contributed by atoms with Gasteiger partial charge in [0.05, 0.1) is 15.6 Å². The molecule has 20 heavy (non-hydrogen) atoms. The molecule has 0 aromatic heterocycles. The predicted octanol–water partition coefficient (Wildman–Crippen LogP) is 4.37. The standard InChI is InChI=1S/C14H16Cl2O4/c1-3-4-5-6-8(18)10-13(19)11(15)9(7(2)17)12(16)14(10)20/h19-20H,3-6H2,1-2H3. The summed E-state index contributed by atoms with van der Waals surface area (Å²) in [6, 6.07) is 0. The number of hydrogen-bond acceptors (Lipinski definition) is 4. The van der Waals surface area contributed by atoms with Gasteiger partial charge in [0.25, 0.3) is 0 Å². The quantitative estimate of drug-likeness (QED) is 0.603. The number of hydrogen-bond donors (Lipinski definition) is 2. The lowest BCUT2D eigenvalue weighted by atomic mass is 9.99. The van der Waals surface area contributed by atoms with Crippen molar-refractivity contribution in [1.29, 1.82) is 0 Å². The summed E-state index contributed by atoms with van der Waals surface area (Å²) in [5.74, 6) is -2.15. The summed E-state index contributed by atoms with van der Waals surface area (Å²) in [7, 11) is 0. The lowest BCUT2D eigenvalue weighted by Crippen LogP contribution is -2.05. The molecule has 0 aliphatic heterocycles. The molecule has 0 amide bonds. The highest BCUT2D eigenvalue weighted by atomic mass is 35.5. The Morgan fingerprint density at radius 1 is 1.00 bits per heavy atom. The molecule has 0 aliphatic carbocycles. The Hall–Kier alpha value is -1.26. The average Bonchev–Trinajstić information content (AvgIpc) is 2.37. The third-order valence-electron chi connectivity index (χ3n) is 2.97. The minimum Gasteiger partial charge on any atom is -0.505 e. The van der Waals surface area contributed by atoms with Crippen LogP contribution in [-0.4, -0.2) is 21.8 Å². The number of phenols is 2. The topological polar surface area (TPSA) is 74.6 Å². The van der Waals surface area contributed by atoms with Crippen molar-refractivity contribution in [2.75, 3.05) is 0 Å². The van der Waals surface area contributed by atoms with E-state index in [1.165, 1.54) is 6.92 Å². The fourth-order valence-electron chi connectivity index (χ4n) is 1.90. The molecule has 1 rings (SSSR count). The van der Waals surface area contributed by atoms with Crippen molar-refractivity contribution in [3.63, 3.8) is 0 Å². The Bertz CT molecular complexity index is 524. The van der Waals surface area contributed by atoms with Crippen LogP contribution in [-0.2, 0) is 0 Å². The van der Waals surface area contributed by atoms with Crippen molar-refractivity contribution in [3.8, 4) is 11.5 Å². The second-order valence-electron chi connectivity index (χ2n) is 4.51. The van der Waals surface area contributed by atoms with E-state index < -0.39 is 23.1 Å². The van der Waals surface area contributed by atoms with Gasteiger partial charge in [0.2, 0.25) is 0 Å². The average molecular weight is 319 g/mol. The van der Waals surface area contributed by atoms with E-state index >= 15 is 0 Å². The van der Waals surface area contributed by atoms with Gasteiger partial charge in [-0.25, -0.2) is 0 Å². The maximum Gasteiger partial charge on any atom is 0.170 e. The molecule has 1 aromatic rings. The Morgan fingerprint density at radius 2 is 1.50 bits per heavy atom. The largest absolute Gasteiger partial charge is 0.505 e. The van der Waals surface area contributed by atoms with Gasteiger partial charge >= 0.3 is 0 Å². The Kier molecular flexibility index (Phi) is 5.84. The van der Waals surface area contributed by atoms with E-state index in [1.54, 1.807) is 0 Å². The van der Waals surface area contributed by atoms with Crippen molar-refractivity contribution >= 4 is 34.8 Å². The molecule has 0 aliphatic rings. The molecule has 0 unspecified atom stereocenters. The zero-order valence-corrected chi connectivity index (χ0v) is 12.8. The highest BCUT2D eigenvalue weighted by Crippen LogP contribution is 2.44. The first-order chi connectivity index (χ1) is 9.32. The third kappa shape index (κ3) is 3.25. The molecule has 0 saturated carbocycles. The molecular formula is C14H16Cl2O4. The Morgan fingerprint density at radius 3 is 1.90 bits per heavy atom. The van der Waals surface area contributed by atoms with E-state index in [0.717, 1.165) is 12.8 Å². The van der Waals surface area contributed by atoms with Crippen LogP contribution in [0.4, 0.5) is 0 Å². The minimum atomic E-state index is -0.597. The van der Waals surface area contributed by atoms with Crippen molar-refractivity contribution in [2.45, 2.75) is 39.5 Å². The van der Waals surface area contributed by atoms with E-state index in [2.05, 4.69) is 0 Å². The summed E-state index contributed by atoms with van der Waals surface area (Å²) in [5.41, 5.74) is -0.505. The summed E-state index contributed by atoms with van der Waals surface area (Å²) in [4.78, 5) is 23.4. The van der Waals surface area contributed by atoms with Gasteiger partial charge in [-0.1, -0.05) is 43.0 Å². The minimum absolute atomic E-state index is 0.168. The lowest BCUT2D eigenvalue weighted by molar-refractivity contribution is 0.0969. The summed E-state index contributed by atoms with van der Waals surface area (Å²) >= 11 is 11.7. The van der Waals surface area contributed by atoms with Gasteiger partial charge in [0.1, 0.15) is 17.1 Å². The molecule has 0 fully saturated rings. The normalized spacial score (nSPS) is 10.6. The van der Waals surface area contributed by atoms with Gasteiger partial charge in [-0.05, 0) is 13.3 Å². The molecule has 0 radical (unpaired) electrons. The van der Waals surface area contributed by atoms with Gasteiger partial charge in [-0.2, -0.15) is 0 Å². The smallest absolute Gasteiger partial charge is 0.170 e. The molecular weight excluding hydrogens is 303 g/mol. The third-order valence-corrected chi connectivity index (χ3v) is 3.70. The first-order valence-corrected chi connectivity index (χ1v) is 7.05. The lowest BCUT2D eigenvalue weighted by Gasteiger charge is -2.13. The first-order valence-electron chi connectivity index (χ1n) is 6.29. The van der Waals surface area contributed by atoms with Gasteiger partial charge in [-0.3, -0.25) is 9.59 Å². The fraction of sp³-hybridized carbons (Fsp3) is 0.429. The van der Waals surface area contributed by atoms with Crippen molar-refractivity contribution in [2.24, 2.45) is 0 Å². The van der Waals surface area contributed by atoms with E-state index in [1.807, 2.05) is 6.92 Å². The van der Waals surface area contributed by atoms with Crippen LogP contribution in [0, 0.1) is 0 Å².